The van der Waals surface area contributed by atoms with Gasteiger partial charge in [0.1, 0.15) is 0 Å². The van der Waals surface area contributed by atoms with Gasteiger partial charge in [0.2, 0.25) is 0 Å². The second-order valence-electron chi connectivity index (χ2n) is 5.39. The average Bonchev–Trinajstić information content (AvgIpc) is 3.13. The van der Waals surface area contributed by atoms with Crippen LogP contribution in [0.25, 0.3) is 0 Å². The second-order valence-corrected chi connectivity index (χ2v) is 6.84. The van der Waals surface area contributed by atoms with Crippen LogP contribution in [0.2, 0.25) is 5.02 Å². The van der Waals surface area contributed by atoms with Crippen LogP contribution in [0.5, 0.6) is 0 Å². The van der Waals surface area contributed by atoms with Crippen LogP contribution in [-0.2, 0) is 7.05 Å². The first-order valence-corrected chi connectivity index (χ1v) is 8.61. The molecule has 2 aromatic heterocycles. The van der Waals surface area contributed by atoms with Crippen LogP contribution in [-0.4, -0.2) is 21.6 Å². The molecule has 0 radical (unpaired) electrons. The summed E-state index contributed by atoms with van der Waals surface area (Å²) in [6.45, 7) is 1.81. The maximum atomic E-state index is 12.4. The van der Waals surface area contributed by atoms with Crippen LogP contribution in [0.1, 0.15) is 25.6 Å². The van der Waals surface area contributed by atoms with E-state index in [0.717, 1.165) is 5.56 Å². The molecule has 8 heteroatoms. The molecule has 3 aromatic rings. The first-order chi connectivity index (χ1) is 11.9. The van der Waals surface area contributed by atoms with Crippen molar-refractivity contribution in [1.82, 2.24) is 9.78 Å². The highest BCUT2D eigenvalue weighted by Crippen LogP contribution is 2.28. The van der Waals surface area contributed by atoms with Gasteiger partial charge >= 0.3 is 0 Å². The average molecular weight is 375 g/mol. The number of carbonyl (C=O) groups excluding carboxylic acids is 2. The zero-order valence-corrected chi connectivity index (χ0v) is 15.1. The summed E-state index contributed by atoms with van der Waals surface area (Å²) in [6, 6.07) is 10.3. The normalized spacial score (nSPS) is 10.5. The minimum absolute atomic E-state index is 0.264. The number of aromatic nitrogens is 2. The van der Waals surface area contributed by atoms with Crippen LogP contribution in [0.3, 0.4) is 0 Å². The third-order valence-electron chi connectivity index (χ3n) is 3.43. The predicted molar refractivity (Wildman–Crippen MR) is 99.6 cm³/mol. The zero-order valence-electron chi connectivity index (χ0n) is 13.5. The van der Waals surface area contributed by atoms with Crippen molar-refractivity contribution in [2.75, 3.05) is 10.6 Å². The number of carbonyl (C=O) groups is 2. The van der Waals surface area contributed by atoms with Gasteiger partial charge in [0, 0.05) is 19.3 Å². The fourth-order valence-electron chi connectivity index (χ4n) is 2.25. The molecule has 0 fully saturated rings. The van der Waals surface area contributed by atoms with Crippen molar-refractivity contribution in [3.63, 3.8) is 0 Å². The minimum Gasteiger partial charge on any atom is -0.313 e. The minimum atomic E-state index is -0.316. The van der Waals surface area contributed by atoms with Gasteiger partial charge in [0.25, 0.3) is 11.8 Å². The highest BCUT2D eigenvalue weighted by atomic mass is 35.5. The Morgan fingerprint density at radius 2 is 1.92 bits per heavy atom. The summed E-state index contributed by atoms with van der Waals surface area (Å²) < 4.78 is 1.60. The lowest BCUT2D eigenvalue weighted by molar-refractivity contribution is 0.102. The highest BCUT2D eigenvalue weighted by Gasteiger charge is 2.17. The van der Waals surface area contributed by atoms with Gasteiger partial charge < -0.3 is 10.6 Å². The SMILES string of the molecule is Cc1cc(NC(=O)c2ccccc2Cl)sc1C(=O)Nc1ccn(C)n1. The van der Waals surface area contributed by atoms with Crippen molar-refractivity contribution in [2.45, 2.75) is 6.92 Å². The van der Waals surface area contributed by atoms with Gasteiger partial charge in [-0.25, -0.2) is 0 Å². The first-order valence-electron chi connectivity index (χ1n) is 7.41. The summed E-state index contributed by atoms with van der Waals surface area (Å²) in [6.07, 6.45) is 1.74. The van der Waals surface area contributed by atoms with E-state index in [0.29, 0.717) is 26.3 Å². The lowest BCUT2D eigenvalue weighted by atomic mass is 10.2. The molecule has 0 bridgehead atoms. The van der Waals surface area contributed by atoms with E-state index in [-0.39, 0.29) is 11.8 Å². The fraction of sp³-hybridized carbons (Fsp3) is 0.118. The van der Waals surface area contributed by atoms with Gasteiger partial charge in [-0.1, -0.05) is 23.7 Å². The molecule has 25 heavy (non-hydrogen) atoms. The summed E-state index contributed by atoms with van der Waals surface area (Å²) in [4.78, 5) is 25.2. The van der Waals surface area contributed by atoms with E-state index in [4.69, 9.17) is 11.6 Å². The number of aryl methyl sites for hydroxylation is 2. The van der Waals surface area contributed by atoms with E-state index in [1.54, 1.807) is 54.3 Å². The number of rotatable bonds is 4. The largest absolute Gasteiger partial charge is 0.313 e. The molecule has 0 aliphatic rings. The molecule has 2 heterocycles. The van der Waals surface area contributed by atoms with Gasteiger partial charge in [-0.3, -0.25) is 14.3 Å². The number of anilines is 2. The van der Waals surface area contributed by atoms with Gasteiger partial charge in [-0.15, -0.1) is 11.3 Å². The Hall–Kier alpha value is -2.64. The molecule has 1 aromatic carbocycles. The summed E-state index contributed by atoms with van der Waals surface area (Å²) >= 11 is 7.23. The molecule has 0 spiro atoms. The Morgan fingerprint density at radius 3 is 2.60 bits per heavy atom. The van der Waals surface area contributed by atoms with Crippen LogP contribution in [0.4, 0.5) is 10.8 Å². The molecule has 0 saturated carbocycles. The predicted octanol–water partition coefficient (Wildman–Crippen LogP) is 3.95. The van der Waals surface area contributed by atoms with Crippen LogP contribution < -0.4 is 10.6 Å². The van der Waals surface area contributed by atoms with E-state index < -0.39 is 0 Å². The molecule has 128 valence electrons. The Kier molecular flexibility index (Phi) is 4.87. The standard InChI is InChI=1S/C17H15ClN4O2S/c1-10-9-14(20-16(23)11-5-3-4-6-12(11)18)25-15(10)17(24)19-13-7-8-22(2)21-13/h3-9H,1-2H3,(H,20,23)(H,19,21,24). The quantitative estimate of drug-likeness (QED) is 0.726. The molecule has 0 aliphatic heterocycles. The number of nitrogens with zero attached hydrogens (tertiary/aromatic N) is 2. The van der Waals surface area contributed by atoms with E-state index in [1.165, 1.54) is 11.3 Å². The lowest BCUT2D eigenvalue weighted by Crippen LogP contribution is -2.12. The topological polar surface area (TPSA) is 76.0 Å². The maximum Gasteiger partial charge on any atom is 0.267 e. The number of amides is 2. The third-order valence-corrected chi connectivity index (χ3v) is 4.92. The summed E-state index contributed by atoms with van der Waals surface area (Å²) in [5, 5.41) is 10.6. The summed E-state index contributed by atoms with van der Waals surface area (Å²) in [5.74, 6) is -0.107. The molecule has 0 saturated heterocycles. The molecular formula is C17H15ClN4O2S. The number of hydrogen-bond donors (Lipinski definition) is 2. The molecule has 3 rings (SSSR count). The molecule has 6 nitrogen and oxygen atoms in total. The van der Waals surface area contributed by atoms with Crippen LogP contribution >= 0.6 is 22.9 Å². The summed E-state index contributed by atoms with van der Waals surface area (Å²) in [5.41, 5.74) is 1.16. The Balaban J connectivity index is 1.75. The van der Waals surface area contributed by atoms with Crippen molar-refractivity contribution in [1.29, 1.82) is 0 Å². The Bertz CT molecular complexity index is 948. The van der Waals surface area contributed by atoms with E-state index in [2.05, 4.69) is 15.7 Å². The molecule has 2 amide bonds. The number of thiophene rings is 1. The molecule has 2 N–H and O–H groups in total. The van der Waals surface area contributed by atoms with Crippen molar-refractivity contribution in [2.24, 2.45) is 7.05 Å². The van der Waals surface area contributed by atoms with Gasteiger partial charge in [-0.2, -0.15) is 5.10 Å². The Labute approximate surface area is 153 Å². The molecule has 0 atom stereocenters. The van der Waals surface area contributed by atoms with Gasteiger partial charge in [-0.05, 0) is 30.7 Å². The summed E-state index contributed by atoms with van der Waals surface area (Å²) in [7, 11) is 1.77. The van der Waals surface area contributed by atoms with Crippen LogP contribution in [0.15, 0.2) is 42.6 Å². The van der Waals surface area contributed by atoms with Crippen molar-refractivity contribution in [3.8, 4) is 0 Å². The van der Waals surface area contributed by atoms with E-state index in [9.17, 15) is 9.59 Å². The lowest BCUT2D eigenvalue weighted by Gasteiger charge is -2.04. The second kappa shape index (κ2) is 7.08. The maximum absolute atomic E-state index is 12.4. The van der Waals surface area contributed by atoms with Crippen LogP contribution in [0, 0.1) is 6.92 Å². The van der Waals surface area contributed by atoms with Crippen molar-refractivity contribution in [3.05, 3.63) is 63.6 Å². The number of halogens is 1. The number of nitrogens with one attached hydrogen (secondary N) is 2. The van der Waals surface area contributed by atoms with Gasteiger partial charge in [0.05, 0.1) is 20.5 Å². The van der Waals surface area contributed by atoms with E-state index in [1.807, 2.05) is 6.92 Å². The fourth-order valence-corrected chi connectivity index (χ4v) is 3.43. The monoisotopic (exact) mass is 374 g/mol. The number of benzene rings is 1. The molecule has 0 aliphatic carbocycles. The van der Waals surface area contributed by atoms with Crippen molar-refractivity contribution >= 4 is 45.6 Å². The first kappa shape index (κ1) is 17.2. The molecule has 0 unspecified atom stereocenters. The highest BCUT2D eigenvalue weighted by molar-refractivity contribution is 7.18. The van der Waals surface area contributed by atoms with E-state index >= 15 is 0 Å². The Morgan fingerprint density at radius 1 is 1.16 bits per heavy atom. The smallest absolute Gasteiger partial charge is 0.267 e. The molecular weight excluding hydrogens is 360 g/mol. The van der Waals surface area contributed by atoms with Crippen molar-refractivity contribution < 1.29 is 9.59 Å². The third kappa shape index (κ3) is 3.89. The number of hydrogen-bond acceptors (Lipinski definition) is 4. The van der Waals surface area contributed by atoms with Gasteiger partial charge in [0.15, 0.2) is 5.82 Å². The zero-order chi connectivity index (χ0) is 18.0.